The number of hydrogen-bond donors (Lipinski definition) is 3. The summed E-state index contributed by atoms with van der Waals surface area (Å²) in [5, 5.41) is 2.72. The number of carbonyl (C=O) groups excluding carboxylic acids is 1. The lowest BCUT2D eigenvalue weighted by molar-refractivity contribution is -0.122. The molecule has 0 spiro atoms. The molecular formula is C18H27N5O3S. The molecule has 0 aliphatic carbocycles. The quantitative estimate of drug-likeness (QED) is 0.473. The van der Waals surface area contributed by atoms with Gasteiger partial charge >= 0.3 is 0 Å². The van der Waals surface area contributed by atoms with Crippen LogP contribution < -0.4 is 15.8 Å². The number of imidazole rings is 1. The zero-order valence-corrected chi connectivity index (χ0v) is 16.3. The van der Waals surface area contributed by atoms with E-state index >= 15 is 0 Å². The summed E-state index contributed by atoms with van der Waals surface area (Å²) in [6.07, 6.45) is 4.46. The molecule has 1 aromatic heterocycles. The van der Waals surface area contributed by atoms with Crippen LogP contribution in [-0.2, 0) is 27.8 Å². The van der Waals surface area contributed by atoms with Crippen molar-refractivity contribution in [2.45, 2.75) is 32.4 Å². The first kappa shape index (κ1) is 21.1. The Morgan fingerprint density at radius 2 is 2.00 bits per heavy atom. The number of nitrogens with two attached hydrogens (primary N) is 1. The van der Waals surface area contributed by atoms with Crippen molar-refractivity contribution in [2.24, 2.45) is 5.73 Å². The van der Waals surface area contributed by atoms with E-state index < -0.39 is 16.1 Å². The van der Waals surface area contributed by atoms with Gasteiger partial charge in [-0.2, -0.15) is 0 Å². The van der Waals surface area contributed by atoms with Crippen LogP contribution in [0, 0.1) is 0 Å². The molecule has 1 heterocycles. The predicted molar refractivity (Wildman–Crippen MR) is 105 cm³/mol. The molecule has 0 saturated carbocycles. The SMILES string of the molecule is CCS(=O)(=O)NCCCNC(=O)[C@@H](N)Cc1cn(Cc2ccccc2)cn1. The smallest absolute Gasteiger partial charge is 0.237 e. The third kappa shape index (κ3) is 7.49. The van der Waals surface area contributed by atoms with Gasteiger partial charge in [-0.15, -0.1) is 0 Å². The number of sulfonamides is 1. The van der Waals surface area contributed by atoms with Crippen LogP contribution in [0.4, 0.5) is 0 Å². The van der Waals surface area contributed by atoms with Gasteiger partial charge in [-0.05, 0) is 18.9 Å². The minimum atomic E-state index is -3.20. The number of carbonyl (C=O) groups is 1. The molecule has 0 radical (unpaired) electrons. The molecule has 148 valence electrons. The van der Waals surface area contributed by atoms with Crippen molar-refractivity contribution in [2.75, 3.05) is 18.8 Å². The van der Waals surface area contributed by atoms with Gasteiger partial charge in [0.05, 0.1) is 23.8 Å². The summed E-state index contributed by atoms with van der Waals surface area (Å²) < 4.78 is 27.0. The monoisotopic (exact) mass is 393 g/mol. The van der Waals surface area contributed by atoms with Gasteiger partial charge in [-0.1, -0.05) is 30.3 Å². The zero-order chi connectivity index (χ0) is 19.7. The Hall–Kier alpha value is -2.23. The summed E-state index contributed by atoms with van der Waals surface area (Å²) in [5.41, 5.74) is 7.87. The van der Waals surface area contributed by atoms with Gasteiger partial charge in [0.2, 0.25) is 15.9 Å². The maximum Gasteiger partial charge on any atom is 0.237 e. The van der Waals surface area contributed by atoms with Gasteiger partial charge in [0.15, 0.2) is 0 Å². The number of aromatic nitrogens is 2. The second-order valence-electron chi connectivity index (χ2n) is 6.28. The van der Waals surface area contributed by atoms with E-state index in [0.717, 1.165) is 5.69 Å². The molecule has 0 aliphatic rings. The first-order chi connectivity index (χ1) is 12.9. The summed E-state index contributed by atoms with van der Waals surface area (Å²) in [5.74, 6) is -0.229. The zero-order valence-electron chi connectivity index (χ0n) is 15.5. The van der Waals surface area contributed by atoms with Crippen LogP contribution in [0.5, 0.6) is 0 Å². The van der Waals surface area contributed by atoms with Crippen LogP contribution in [-0.4, -0.2) is 48.8 Å². The van der Waals surface area contributed by atoms with Crippen LogP contribution in [0.3, 0.4) is 0 Å². The summed E-state index contributed by atoms with van der Waals surface area (Å²) in [6.45, 7) is 2.93. The largest absolute Gasteiger partial charge is 0.355 e. The molecule has 4 N–H and O–H groups in total. The number of rotatable bonds is 11. The van der Waals surface area contributed by atoms with Crippen LogP contribution in [0.15, 0.2) is 42.9 Å². The van der Waals surface area contributed by atoms with E-state index in [2.05, 4.69) is 15.0 Å². The molecule has 0 aliphatic heterocycles. The van der Waals surface area contributed by atoms with Crippen LogP contribution >= 0.6 is 0 Å². The van der Waals surface area contributed by atoms with Gasteiger partial charge < -0.3 is 15.6 Å². The molecule has 1 amide bonds. The summed E-state index contributed by atoms with van der Waals surface area (Å²) in [4.78, 5) is 16.4. The first-order valence-electron chi connectivity index (χ1n) is 8.95. The summed E-state index contributed by atoms with van der Waals surface area (Å²) in [7, 11) is -3.20. The van der Waals surface area contributed by atoms with E-state index in [1.807, 2.05) is 41.1 Å². The molecule has 0 bridgehead atoms. The van der Waals surface area contributed by atoms with Crippen molar-refractivity contribution in [3.05, 3.63) is 54.1 Å². The molecule has 0 fully saturated rings. The molecule has 8 nitrogen and oxygen atoms in total. The fourth-order valence-corrected chi connectivity index (χ4v) is 3.13. The average Bonchev–Trinajstić information content (AvgIpc) is 3.08. The Labute approximate surface area is 160 Å². The Balaban J connectivity index is 1.71. The second kappa shape index (κ2) is 10.2. The van der Waals surface area contributed by atoms with Crippen molar-refractivity contribution in [1.82, 2.24) is 19.6 Å². The average molecular weight is 394 g/mol. The maximum absolute atomic E-state index is 12.1. The molecule has 0 unspecified atom stereocenters. The molecule has 9 heteroatoms. The lowest BCUT2D eigenvalue weighted by Gasteiger charge is -2.11. The van der Waals surface area contributed by atoms with Crippen LogP contribution in [0.1, 0.15) is 24.6 Å². The maximum atomic E-state index is 12.1. The van der Waals surface area contributed by atoms with E-state index in [0.29, 0.717) is 25.9 Å². The van der Waals surface area contributed by atoms with Crippen molar-refractivity contribution in [3.63, 3.8) is 0 Å². The number of nitrogens with one attached hydrogen (secondary N) is 2. The highest BCUT2D eigenvalue weighted by Crippen LogP contribution is 2.05. The Morgan fingerprint density at radius 3 is 2.70 bits per heavy atom. The molecule has 0 saturated heterocycles. The first-order valence-corrected chi connectivity index (χ1v) is 10.6. The molecule has 2 rings (SSSR count). The van der Waals surface area contributed by atoms with Crippen LogP contribution in [0.25, 0.3) is 0 Å². The van der Waals surface area contributed by atoms with Gasteiger partial charge in [0.1, 0.15) is 0 Å². The van der Waals surface area contributed by atoms with E-state index in [-0.39, 0.29) is 18.2 Å². The third-order valence-electron chi connectivity index (χ3n) is 4.02. The van der Waals surface area contributed by atoms with Gasteiger partial charge in [-0.25, -0.2) is 18.1 Å². The highest BCUT2D eigenvalue weighted by atomic mass is 32.2. The van der Waals surface area contributed by atoms with Crippen molar-refractivity contribution in [1.29, 1.82) is 0 Å². The minimum absolute atomic E-state index is 0.0428. The standard InChI is InChI=1S/C18H27N5O3S/c1-2-27(25,26)22-10-6-9-20-18(24)17(19)11-16-13-23(14-21-16)12-15-7-4-3-5-8-15/h3-5,7-8,13-14,17,22H,2,6,9-12,19H2,1H3,(H,20,24)/t17-/m0/s1. The normalized spacial score (nSPS) is 12.7. The summed E-state index contributed by atoms with van der Waals surface area (Å²) in [6, 6.07) is 9.33. The fraction of sp³-hybridized carbons (Fsp3) is 0.444. The summed E-state index contributed by atoms with van der Waals surface area (Å²) >= 11 is 0. The van der Waals surface area contributed by atoms with Gasteiger partial charge in [0, 0.05) is 32.3 Å². The van der Waals surface area contributed by atoms with Crippen molar-refractivity contribution < 1.29 is 13.2 Å². The predicted octanol–water partition coefficient (Wildman–Crippen LogP) is 0.247. The van der Waals surface area contributed by atoms with Gasteiger partial charge in [-0.3, -0.25) is 4.79 Å². The Kier molecular flexibility index (Phi) is 7.96. The second-order valence-corrected chi connectivity index (χ2v) is 8.37. The molecular weight excluding hydrogens is 366 g/mol. The highest BCUT2D eigenvalue weighted by Gasteiger charge is 2.15. The molecule has 2 aromatic rings. The van der Waals surface area contributed by atoms with Crippen molar-refractivity contribution >= 4 is 15.9 Å². The van der Waals surface area contributed by atoms with E-state index in [1.54, 1.807) is 13.3 Å². The topological polar surface area (TPSA) is 119 Å². The van der Waals surface area contributed by atoms with Crippen molar-refractivity contribution in [3.8, 4) is 0 Å². The number of amides is 1. The Bertz CT molecular complexity index is 821. The van der Waals surface area contributed by atoms with Crippen LogP contribution in [0.2, 0.25) is 0 Å². The lowest BCUT2D eigenvalue weighted by Crippen LogP contribution is -2.43. The highest BCUT2D eigenvalue weighted by molar-refractivity contribution is 7.89. The number of hydrogen-bond acceptors (Lipinski definition) is 5. The fourth-order valence-electron chi connectivity index (χ4n) is 2.47. The minimum Gasteiger partial charge on any atom is -0.355 e. The lowest BCUT2D eigenvalue weighted by atomic mass is 10.1. The van der Waals surface area contributed by atoms with E-state index in [4.69, 9.17) is 5.73 Å². The molecule has 1 aromatic carbocycles. The molecule has 1 atom stereocenters. The number of benzene rings is 1. The van der Waals surface area contributed by atoms with E-state index in [1.165, 1.54) is 5.56 Å². The number of nitrogens with zero attached hydrogens (tertiary/aromatic N) is 2. The Morgan fingerprint density at radius 1 is 1.26 bits per heavy atom. The van der Waals surface area contributed by atoms with Gasteiger partial charge in [0.25, 0.3) is 0 Å². The van der Waals surface area contributed by atoms with E-state index in [9.17, 15) is 13.2 Å². The third-order valence-corrected chi connectivity index (χ3v) is 5.42. The molecule has 27 heavy (non-hydrogen) atoms.